The van der Waals surface area contributed by atoms with Crippen molar-refractivity contribution in [1.82, 2.24) is 29.9 Å². The maximum absolute atomic E-state index is 12.9. The zero-order valence-electron chi connectivity index (χ0n) is 23.1. The van der Waals surface area contributed by atoms with Crippen LogP contribution in [0.3, 0.4) is 0 Å². The molecule has 1 aliphatic heterocycles. The summed E-state index contributed by atoms with van der Waals surface area (Å²) >= 11 is 0. The van der Waals surface area contributed by atoms with Gasteiger partial charge >= 0.3 is 6.36 Å². The van der Waals surface area contributed by atoms with Gasteiger partial charge in [0.1, 0.15) is 11.4 Å². The van der Waals surface area contributed by atoms with Gasteiger partial charge in [-0.25, -0.2) is 4.68 Å². The molecule has 0 unspecified atom stereocenters. The van der Waals surface area contributed by atoms with Crippen LogP contribution in [0.1, 0.15) is 34.5 Å². The smallest absolute Gasteiger partial charge is 0.406 e. The van der Waals surface area contributed by atoms with E-state index in [-0.39, 0.29) is 17.8 Å². The molecule has 1 aromatic carbocycles. The van der Waals surface area contributed by atoms with Gasteiger partial charge < -0.3 is 9.64 Å². The molecule has 0 spiro atoms. The Labute approximate surface area is 240 Å². The summed E-state index contributed by atoms with van der Waals surface area (Å²) in [6.07, 6.45) is 4.84. The second-order valence-electron chi connectivity index (χ2n) is 10.8. The number of carbonyl (C=O) groups is 1. The highest BCUT2D eigenvalue weighted by molar-refractivity contribution is 5.97. The number of aromatic nitrogens is 5. The monoisotopic (exact) mass is 577 g/mol. The number of Topliss-reactive ketones (excluding diaryl/α,β-unsaturated/α-hetero) is 1. The average Bonchev–Trinajstić information content (AvgIpc) is 3.65. The van der Waals surface area contributed by atoms with Gasteiger partial charge in [0.2, 0.25) is 0 Å². The number of rotatable bonds is 9. The largest absolute Gasteiger partial charge is 0.573 e. The van der Waals surface area contributed by atoms with Crippen LogP contribution < -0.4 is 9.64 Å². The molecule has 42 heavy (non-hydrogen) atoms. The van der Waals surface area contributed by atoms with Crippen LogP contribution in [0.4, 0.5) is 18.9 Å². The quantitative estimate of drug-likeness (QED) is 0.260. The SMILES string of the molecule is Cc1ncc(CC(=O)c2cccc(OC(F)(F)F)c2)cc1-n1cc(-c2cncc(N3CCN(CC4CC4)CC3)c2)nn1. The van der Waals surface area contributed by atoms with Gasteiger partial charge in [-0.2, -0.15) is 0 Å². The molecule has 3 aromatic heterocycles. The Morgan fingerprint density at radius 1 is 1.05 bits per heavy atom. The summed E-state index contributed by atoms with van der Waals surface area (Å²) in [6.45, 7) is 7.05. The Morgan fingerprint density at radius 3 is 2.62 bits per heavy atom. The van der Waals surface area contributed by atoms with Crippen molar-refractivity contribution in [1.29, 1.82) is 0 Å². The van der Waals surface area contributed by atoms with Gasteiger partial charge in [0.15, 0.2) is 5.78 Å². The highest BCUT2D eigenvalue weighted by Crippen LogP contribution is 2.31. The molecule has 0 atom stereocenters. The highest BCUT2D eigenvalue weighted by Gasteiger charge is 2.31. The Kier molecular flexibility index (Phi) is 7.63. The standard InChI is InChI=1S/C30H30F3N7O2/c1-20-28(11-22(15-35-20)12-29(41)23-3-2-4-26(14-23)42-30(31,32)33)40-19-27(36-37-40)24-13-25(17-34-16-24)39-9-7-38(8-10-39)18-21-5-6-21/h2-4,11,13-17,19,21H,5-10,12,18H2,1H3. The number of aryl methyl sites for hydroxylation is 1. The first-order valence-corrected chi connectivity index (χ1v) is 13.9. The Hall–Kier alpha value is -4.32. The van der Waals surface area contributed by atoms with Crippen LogP contribution in [-0.4, -0.2) is 74.7 Å². The van der Waals surface area contributed by atoms with Gasteiger partial charge in [-0.1, -0.05) is 17.3 Å². The van der Waals surface area contributed by atoms with Gasteiger partial charge in [0.05, 0.1) is 29.5 Å². The van der Waals surface area contributed by atoms with Gasteiger partial charge in [-0.3, -0.25) is 19.7 Å². The van der Waals surface area contributed by atoms with E-state index >= 15 is 0 Å². The molecule has 218 valence electrons. The summed E-state index contributed by atoms with van der Waals surface area (Å²) in [5.41, 5.74) is 4.57. The molecule has 0 radical (unpaired) electrons. The summed E-state index contributed by atoms with van der Waals surface area (Å²) in [5.74, 6) is 0.0818. The predicted octanol–water partition coefficient (Wildman–Crippen LogP) is 4.89. The third kappa shape index (κ3) is 6.76. The summed E-state index contributed by atoms with van der Waals surface area (Å²) in [6, 6.07) is 8.90. The molecule has 0 bridgehead atoms. The van der Waals surface area contributed by atoms with Crippen LogP contribution in [-0.2, 0) is 6.42 Å². The fraction of sp³-hybridized carbons (Fsp3) is 0.367. The summed E-state index contributed by atoms with van der Waals surface area (Å²) in [5, 5.41) is 8.67. The lowest BCUT2D eigenvalue weighted by Crippen LogP contribution is -2.47. The first kappa shape index (κ1) is 27.8. The number of benzene rings is 1. The van der Waals surface area contributed by atoms with Gasteiger partial charge in [-0.15, -0.1) is 18.3 Å². The summed E-state index contributed by atoms with van der Waals surface area (Å²) in [7, 11) is 0. The summed E-state index contributed by atoms with van der Waals surface area (Å²) < 4.78 is 43.3. The van der Waals surface area contributed by atoms with Gasteiger partial charge in [0.25, 0.3) is 0 Å². The van der Waals surface area contributed by atoms with Crippen LogP contribution in [0.25, 0.3) is 16.9 Å². The molecular weight excluding hydrogens is 547 g/mol. The van der Waals surface area contributed by atoms with Crippen LogP contribution in [0.5, 0.6) is 5.75 Å². The molecule has 1 saturated heterocycles. The highest BCUT2D eigenvalue weighted by atomic mass is 19.4. The zero-order chi connectivity index (χ0) is 29.3. The fourth-order valence-electron chi connectivity index (χ4n) is 5.15. The molecular formula is C30H30F3N7O2. The Morgan fingerprint density at radius 2 is 1.86 bits per heavy atom. The van der Waals surface area contributed by atoms with E-state index < -0.39 is 12.1 Å². The minimum Gasteiger partial charge on any atom is -0.406 e. The van der Waals surface area contributed by atoms with Crippen molar-refractivity contribution in [2.75, 3.05) is 37.6 Å². The van der Waals surface area contributed by atoms with Gasteiger partial charge in [-0.05, 0) is 55.5 Å². The number of ether oxygens (including phenoxy) is 1. The number of hydrogen-bond donors (Lipinski definition) is 0. The van der Waals surface area contributed by atoms with Crippen LogP contribution >= 0.6 is 0 Å². The van der Waals surface area contributed by atoms with Crippen molar-refractivity contribution >= 4 is 11.5 Å². The Balaban J connectivity index is 1.15. The number of carbonyl (C=O) groups excluding carboxylic acids is 1. The van der Waals surface area contributed by atoms with E-state index in [4.69, 9.17) is 0 Å². The van der Waals surface area contributed by atoms with Crippen LogP contribution in [0.15, 0.2) is 61.2 Å². The fourth-order valence-corrected chi connectivity index (χ4v) is 5.15. The van der Waals surface area contributed by atoms with Crippen molar-refractivity contribution in [2.45, 2.75) is 32.5 Å². The topological polar surface area (TPSA) is 89.3 Å². The molecule has 4 heterocycles. The van der Waals surface area contributed by atoms with Gasteiger partial charge in [0, 0.05) is 62.7 Å². The number of ketones is 1. The van der Waals surface area contributed by atoms with Crippen molar-refractivity contribution < 1.29 is 22.7 Å². The molecule has 0 N–H and O–H groups in total. The number of anilines is 1. The molecule has 1 aliphatic carbocycles. The number of hydrogen-bond acceptors (Lipinski definition) is 8. The number of piperazine rings is 1. The maximum atomic E-state index is 12.9. The first-order chi connectivity index (χ1) is 20.2. The molecule has 6 rings (SSSR count). The maximum Gasteiger partial charge on any atom is 0.573 e. The molecule has 1 saturated carbocycles. The van der Waals surface area contributed by atoms with Crippen molar-refractivity contribution in [3.8, 4) is 22.7 Å². The van der Waals surface area contributed by atoms with E-state index in [9.17, 15) is 18.0 Å². The lowest BCUT2D eigenvalue weighted by Gasteiger charge is -2.36. The average molecular weight is 578 g/mol. The minimum absolute atomic E-state index is 0.0583. The molecule has 0 amide bonds. The van der Waals surface area contributed by atoms with Crippen molar-refractivity contribution in [3.63, 3.8) is 0 Å². The lowest BCUT2D eigenvalue weighted by atomic mass is 10.0. The number of nitrogens with zero attached hydrogens (tertiary/aromatic N) is 7. The zero-order valence-corrected chi connectivity index (χ0v) is 23.1. The number of alkyl halides is 3. The number of halogens is 3. The van der Waals surface area contributed by atoms with E-state index in [1.807, 2.05) is 13.1 Å². The van der Waals surface area contributed by atoms with E-state index in [0.29, 0.717) is 22.6 Å². The van der Waals surface area contributed by atoms with Crippen LogP contribution in [0, 0.1) is 12.8 Å². The van der Waals surface area contributed by atoms with E-state index in [0.717, 1.165) is 55.5 Å². The molecule has 2 fully saturated rings. The molecule has 12 heteroatoms. The molecule has 2 aliphatic rings. The third-order valence-electron chi connectivity index (χ3n) is 7.58. The summed E-state index contributed by atoms with van der Waals surface area (Å²) in [4.78, 5) is 26.6. The number of pyridine rings is 2. The van der Waals surface area contributed by atoms with E-state index in [2.05, 4.69) is 40.9 Å². The van der Waals surface area contributed by atoms with E-state index in [1.54, 1.807) is 29.3 Å². The normalized spacial score (nSPS) is 16.0. The first-order valence-electron chi connectivity index (χ1n) is 13.9. The molecule has 4 aromatic rings. The van der Waals surface area contributed by atoms with Crippen molar-refractivity contribution in [2.24, 2.45) is 5.92 Å². The second-order valence-corrected chi connectivity index (χ2v) is 10.8. The third-order valence-corrected chi connectivity index (χ3v) is 7.58. The van der Waals surface area contributed by atoms with Crippen LogP contribution in [0.2, 0.25) is 0 Å². The van der Waals surface area contributed by atoms with E-state index in [1.165, 1.54) is 31.5 Å². The molecule has 9 nitrogen and oxygen atoms in total. The Bertz CT molecular complexity index is 1580. The predicted molar refractivity (Wildman–Crippen MR) is 150 cm³/mol. The second kappa shape index (κ2) is 11.5. The minimum atomic E-state index is -4.84. The lowest BCUT2D eigenvalue weighted by molar-refractivity contribution is -0.274. The van der Waals surface area contributed by atoms with Crippen molar-refractivity contribution in [3.05, 3.63) is 78.0 Å².